The molecule has 1 aliphatic rings. The second-order valence-corrected chi connectivity index (χ2v) is 8.28. The largest absolute Gasteiger partial charge is 0.573 e. The van der Waals surface area contributed by atoms with Crippen molar-refractivity contribution in [3.63, 3.8) is 0 Å². The Bertz CT molecular complexity index is 1430. The Morgan fingerprint density at radius 2 is 1.50 bits per heavy atom. The van der Waals surface area contributed by atoms with Gasteiger partial charge in [-0.2, -0.15) is 5.06 Å². The summed E-state index contributed by atoms with van der Waals surface area (Å²) in [6, 6.07) is 26.9. The average Bonchev–Trinajstić information content (AvgIpc) is 3.13. The lowest BCUT2D eigenvalue weighted by Gasteiger charge is -2.32. The van der Waals surface area contributed by atoms with Crippen LogP contribution < -0.4 is 4.74 Å². The molecule has 1 N–H and O–H groups in total. The van der Waals surface area contributed by atoms with Crippen molar-refractivity contribution < 1.29 is 32.6 Å². The Labute approximate surface area is 204 Å². The minimum absolute atomic E-state index is 0.0109. The zero-order valence-electron chi connectivity index (χ0n) is 18.8. The Hall–Kier alpha value is -4.14. The molecule has 0 bridgehead atoms. The standard InChI is InChI=1S/C28H20F3NO4/c29-28(30,31)36-24-14-12-23(13-15-24)27(34)17-25(22-11-10-20-8-4-5-9-21(20)16-22)26(33)32(27)35-18-19-6-2-1-3-7-19/h1-17,34H,18H2. The van der Waals surface area contributed by atoms with Crippen LogP contribution in [0.3, 0.4) is 0 Å². The number of carbonyl (C=O) groups excluding carboxylic acids is 1. The second-order valence-electron chi connectivity index (χ2n) is 8.28. The molecule has 0 fully saturated rings. The number of amides is 1. The number of benzene rings is 4. The van der Waals surface area contributed by atoms with Crippen molar-refractivity contribution in [3.05, 3.63) is 120 Å². The third-order valence-corrected chi connectivity index (χ3v) is 5.85. The predicted octanol–water partition coefficient (Wildman–Crippen LogP) is 5.94. The van der Waals surface area contributed by atoms with E-state index in [2.05, 4.69) is 4.74 Å². The van der Waals surface area contributed by atoms with Crippen molar-refractivity contribution in [1.82, 2.24) is 5.06 Å². The summed E-state index contributed by atoms with van der Waals surface area (Å²) in [4.78, 5) is 19.3. The first kappa shape index (κ1) is 23.6. The van der Waals surface area contributed by atoms with Gasteiger partial charge in [-0.1, -0.05) is 78.9 Å². The van der Waals surface area contributed by atoms with Crippen LogP contribution in [0.5, 0.6) is 5.75 Å². The molecule has 0 aliphatic carbocycles. The Balaban J connectivity index is 1.53. The maximum absolute atomic E-state index is 13.5. The highest BCUT2D eigenvalue weighted by Crippen LogP contribution is 2.41. The molecule has 1 heterocycles. The molecule has 4 aromatic carbocycles. The minimum atomic E-state index is -4.85. The number of ether oxygens (including phenoxy) is 1. The smallest absolute Gasteiger partial charge is 0.406 e. The van der Waals surface area contributed by atoms with Gasteiger partial charge in [0.1, 0.15) is 12.4 Å². The third kappa shape index (κ3) is 4.68. The van der Waals surface area contributed by atoms with Crippen LogP contribution >= 0.6 is 0 Å². The van der Waals surface area contributed by atoms with Crippen molar-refractivity contribution in [2.75, 3.05) is 0 Å². The lowest BCUT2D eigenvalue weighted by Crippen LogP contribution is -2.43. The summed E-state index contributed by atoms with van der Waals surface area (Å²) in [5.74, 6) is -1.03. The molecule has 36 heavy (non-hydrogen) atoms. The van der Waals surface area contributed by atoms with Crippen molar-refractivity contribution in [2.45, 2.75) is 18.7 Å². The highest BCUT2D eigenvalue weighted by Gasteiger charge is 2.47. The van der Waals surface area contributed by atoms with Crippen LogP contribution in [0.25, 0.3) is 16.3 Å². The molecule has 1 unspecified atom stereocenters. The highest BCUT2D eigenvalue weighted by atomic mass is 19.4. The van der Waals surface area contributed by atoms with E-state index in [9.17, 15) is 23.1 Å². The number of fused-ring (bicyclic) bond motifs is 1. The van der Waals surface area contributed by atoms with Gasteiger partial charge in [-0.15, -0.1) is 13.2 Å². The number of nitrogens with zero attached hydrogens (tertiary/aromatic N) is 1. The molecule has 5 nitrogen and oxygen atoms in total. The second kappa shape index (κ2) is 9.14. The van der Waals surface area contributed by atoms with Gasteiger partial charge in [-0.05, 0) is 46.2 Å². The van der Waals surface area contributed by atoms with Crippen molar-refractivity contribution >= 4 is 22.3 Å². The molecule has 1 aliphatic heterocycles. The van der Waals surface area contributed by atoms with E-state index in [1.54, 1.807) is 18.2 Å². The summed E-state index contributed by atoms with van der Waals surface area (Å²) in [6.45, 7) is -0.0109. The van der Waals surface area contributed by atoms with Gasteiger partial charge in [0.2, 0.25) is 5.72 Å². The molecular formula is C28H20F3NO4. The number of hydroxylamine groups is 2. The van der Waals surface area contributed by atoms with E-state index in [1.807, 2.05) is 54.6 Å². The van der Waals surface area contributed by atoms with Crippen molar-refractivity contribution in [1.29, 1.82) is 0 Å². The molecule has 1 atom stereocenters. The predicted molar refractivity (Wildman–Crippen MR) is 127 cm³/mol. The average molecular weight is 491 g/mol. The molecule has 0 saturated carbocycles. The number of alkyl halides is 3. The van der Waals surface area contributed by atoms with Gasteiger partial charge >= 0.3 is 6.36 Å². The maximum atomic E-state index is 13.5. The highest BCUT2D eigenvalue weighted by molar-refractivity contribution is 6.22. The van der Waals surface area contributed by atoms with Crippen molar-refractivity contribution in [3.8, 4) is 5.75 Å². The van der Waals surface area contributed by atoms with Crippen molar-refractivity contribution in [2.24, 2.45) is 0 Å². The van der Waals surface area contributed by atoms with E-state index in [-0.39, 0.29) is 17.7 Å². The van der Waals surface area contributed by atoms with Gasteiger partial charge in [0.25, 0.3) is 5.91 Å². The summed E-state index contributed by atoms with van der Waals surface area (Å²) >= 11 is 0. The zero-order chi connectivity index (χ0) is 25.3. The van der Waals surface area contributed by atoms with Gasteiger partial charge in [-0.25, -0.2) is 0 Å². The Morgan fingerprint density at radius 1 is 0.833 bits per heavy atom. The van der Waals surface area contributed by atoms with E-state index in [1.165, 1.54) is 18.2 Å². The number of halogens is 3. The van der Waals surface area contributed by atoms with Gasteiger partial charge in [-0.3, -0.25) is 9.63 Å². The number of carbonyl (C=O) groups is 1. The fraction of sp³-hybridized carbons (Fsp3) is 0.107. The van der Waals surface area contributed by atoms with E-state index >= 15 is 0 Å². The normalized spacial score (nSPS) is 17.9. The summed E-state index contributed by atoms with van der Waals surface area (Å²) < 4.78 is 41.7. The minimum Gasteiger partial charge on any atom is -0.406 e. The molecule has 5 rings (SSSR count). The van der Waals surface area contributed by atoms with Crippen LogP contribution in [-0.4, -0.2) is 22.4 Å². The maximum Gasteiger partial charge on any atom is 0.573 e. The Kier molecular flexibility index (Phi) is 5.99. The molecule has 8 heteroatoms. The van der Waals surface area contributed by atoms with Crippen LogP contribution in [0, 0.1) is 0 Å². The van der Waals surface area contributed by atoms with Gasteiger partial charge < -0.3 is 9.84 Å². The lowest BCUT2D eigenvalue weighted by atomic mass is 9.98. The monoisotopic (exact) mass is 491 g/mol. The van der Waals surface area contributed by atoms with Gasteiger partial charge in [0.05, 0.1) is 5.57 Å². The summed E-state index contributed by atoms with van der Waals surface area (Å²) in [5, 5.41) is 14.4. The fourth-order valence-electron chi connectivity index (χ4n) is 4.12. The van der Waals surface area contributed by atoms with Gasteiger partial charge in [0.15, 0.2) is 0 Å². The number of hydrogen-bond donors (Lipinski definition) is 1. The quantitative estimate of drug-likeness (QED) is 0.363. The molecule has 0 aromatic heterocycles. The van der Waals surface area contributed by atoms with Crippen LogP contribution in [-0.2, 0) is 22.0 Å². The van der Waals surface area contributed by atoms with E-state index in [0.29, 0.717) is 5.56 Å². The first-order valence-corrected chi connectivity index (χ1v) is 11.0. The zero-order valence-corrected chi connectivity index (χ0v) is 18.8. The third-order valence-electron chi connectivity index (χ3n) is 5.85. The molecule has 182 valence electrons. The Morgan fingerprint density at radius 3 is 2.19 bits per heavy atom. The summed E-state index contributed by atoms with van der Waals surface area (Å²) in [5.41, 5.74) is -0.397. The van der Waals surface area contributed by atoms with Crippen LogP contribution in [0.4, 0.5) is 13.2 Å². The molecule has 0 radical (unpaired) electrons. The number of rotatable bonds is 6. The summed E-state index contributed by atoms with van der Waals surface area (Å²) in [6.07, 6.45) is -3.50. The fourth-order valence-corrected chi connectivity index (χ4v) is 4.12. The first-order valence-electron chi connectivity index (χ1n) is 11.0. The lowest BCUT2D eigenvalue weighted by molar-refractivity contribution is -0.274. The van der Waals surface area contributed by atoms with Crippen LogP contribution in [0.2, 0.25) is 0 Å². The van der Waals surface area contributed by atoms with Gasteiger partial charge in [0, 0.05) is 5.56 Å². The first-order chi connectivity index (χ1) is 17.2. The van der Waals surface area contributed by atoms with E-state index < -0.39 is 23.7 Å². The SMILES string of the molecule is O=C1C(c2ccc3ccccc3c2)=CC(O)(c2ccc(OC(F)(F)F)cc2)N1OCc1ccccc1. The molecule has 1 amide bonds. The van der Waals surface area contributed by atoms with E-state index in [4.69, 9.17) is 4.84 Å². The summed E-state index contributed by atoms with van der Waals surface area (Å²) in [7, 11) is 0. The van der Waals surface area contributed by atoms with E-state index in [0.717, 1.165) is 33.5 Å². The van der Waals surface area contributed by atoms with Crippen LogP contribution in [0.1, 0.15) is 16.7 Å². The molecule has 4 aromatic rings. The molecular weight excluding hydrogens is 471 g/mol. The topological polar surface area (TPSA) is 59.0 Å². The number of aliphatic hydroxyl groups is 1. The number of hydrogen-bond acceptors (Lipinski definition) is 4. The van der Waals surface area contributed by atoms with Crippen LogP contribution in [0.15, 0.2) is 103 Å². The molecule has 0 saturated heterocycles. The molecule has 0 spiro atoms.